The summed E-state index contributed by atoms with van der Waals surface area (Å²) in [4.78, 5) is 32.0. The monoisotopic (exact) mass is 397 g/mol. The molecule has 3 amide bonds. The summed E-state index contributed by atoms with van der Waals surface area (Å²) in [6.45, 7) is 6.82. The third kappa shape index (κ3) is 4.12. The molecule has 28 heavy (non-hydrogen) atoms. The number of thiophene rings is 1. The van der Waals surface area contributed by atoms with Crippen LogP contribution in [0.1, 0.15) is 27.6 Å². The molecule has 3 rings (SSSR count). The number of carbonyl (C=O) groups excluding carboxylic acids is 2. The van der Waals surface area contributed by atoms with Crippen molar-refractivity contribution in [1.82, 2.24) is 14.7 Å². The normalized spacial score (nSPS) is 15.7. The maximum atomic E-state index is 13.3. The van der Waals surface area contributed by atoms with Crippen LogP contribution >= 0.6 is 11.3 Å². The summed E-state index contributed by atoms with van der Waals surface area (Å²) in [7, 11) is 3.38. The van der Waals surface area contributed by atoms with Crippen LogP contribution in [0.3, 0.4) is 0 Å². The second kappa shape index (κ2) is 8.61. The topological polar surface area (TPSA) is 43.9 Å². The number of rotatable bonds is 5. The van der Waals surface area contributed by atoms with Gasteiger partial charge in [0.1, 0.15) is 6.54 Å². The molecule has 1 aliphatic heterocycles. The Kier molecular flexibility index (Phi) is 6.19. The summed E-state index contributed by atoms with van der Waals surface area (Å²) in [6.07, 6.45) is 2.50. The van der Waals surface area contributed by atoms with E-state index in [2.05, 4.69) is 49.2 Å². The van der Waals surface area contributed by atoms with Crippen LogP contribution in [0.2, 0.25) is 0 Å². The zero-order chi connectivity index (χ0) is 20.3. The van der Waals surface area contributed by atoms with Crippen molar-refractivity contribution in [1.29, 1.82) is 0 Å². The Labute approximate surface area is 170 Å². The molecule has 1 aromatic heterocycles. The molecule has 0 spiro atoms. The fourth-order valence-electron chi connectivity index (χ4n) is 3.60. The van der Waals surface area contributed by atoms with E-state index in [9.17, 15) is 9.59 Å². The fourth-order valence-corrected chi connectivity index (χ4v) is 4.50. The van der Waals surface area contributed by atoms with E-state index in [-0.39, 0.29) is 24.5 Å². The second-order valence-corrected chi connectivity index (χ2v) is 8.30. The van der Waals surface area contributed by atoms with E-state index in [4.69, 9.17) is 0 Å². The molecule has 1 aromatic carbocycles. The number of nitrogens with zero attached hydrogens (tertiary/aromatic N) is 3. The van der Waals surface area contributed by atoms with Gasteiger partial charge in [-0.2, -0.15) is 0 Å². The first-order valence-corrected chi connectivity index (χ1v) is 10.3. The molecule has 0 bridgehead atoms. The number of benzene rings is 1. The number of fused-ring (bicyclic) bond motifs is 1. The number of carbonyl (C=O) groups is 2. The summed E-state index contributed by atoms with van der Waals surface area (Å²) in [5.41, 5.74) is 3.49. The molecule has 1 aliphatic rings. The Hall–Kier alpha value is -2.60. The molecular formula is C22H27N3O2S. The largest absolute Gasteiger partial charge is 0.331 e. The minimum Gasteiger partial charge on any atom is -0.331 e. The first kappa shape index (κ1) is 20.1. The minimum absolute atomic E-state index is 0.0422. The molecule has 0 radical (unpaired) electrons. The first-order chi connectivity index (χ1) is 13.4. The molecule has 0 N–H and O–H groups in total. The number of hydrogen-bond acceptors (Lipinski definition) is 3. The zero-order valence-corrected chi connectivity index (χ0v) is 17.5. The van der Waals surface area contributed by atoms with Gasteiger partial charge in [0.25, 0.3) is 0 Å². The Balaban J connectivity index is 1.90. The number of aryl methyl sites for hydroxylation is 1. The first-order valence-electron chi connectivity index (χ1n) is 9.41. The van der Waals surface area contributed by atoms with Crippen molar-refractivity contribution >= 4 is 23.3 Å². The summed E-state index contributed by atoms with van der Waals surface area (Å²) in [5.74, 6) is -0.0422. The third-order valence-electron chi connectivity index (χ3n) is 5.01. The number of amides is 3. The van der Waals surface area contributed by atoms with Crippen molar-refractivity contribution in [2.24, 2.45) is 0 Å². The Morgan fingerprint density at radius 2 is 1.96 bits per heavy atom. The van der Waals surface area contributed by atoms with E-state index in [1.807, 2.05) is 4.90 Å². The van der Waals surface area contributed by atoms with E-state index in [0.717, 1.165) is 12.0 Å². The molecule has 1 atom stereocenters. The molecule has 5 nitrogen and oxygen atoms in total. The lowest BCUT2D eigenvalue weighted by atomic mass is 9.92. The second-order valence-electron chi connectivity index (χ2n) is 7.30. The van der Waals surface area contributed by atoms with Crippen molar-refractivity contribution in [3.05, 3.63) is 69.9 Å². The van der Waals surface area contributed by atoms with Gasteiger partial charge in [-0.25, -0.2) is 4.79 Å². The zero-order valence-electron chi connectivity index (χ0n) is 16.7. The highest BCUT2D eigenvalue weighted by Gasteiger charge is 2.33. The SMILES string of the molecule is C=CCN(CC(=O)N1CCc2sccc2C1c1ccc(C)cc1)C(=O)N(C)C. The van der Waals surface area contributed by atoms with Crippen LogP contribution in [-0.2, 0) is 11.2 Å². The van der Waals surface area contributed by atoms with Crippen LogP contribution in [0, 0.1) is 6.92 Å². The lowest BCUT2D eigenvalue weighted by molar-refractivity contribution is -0.133. The van der Waals surface area contributed by atoms with E-state index < -0.39 is 0 Å². The molecule has 0 saturated carbocycles. The number of urea groups is 1. The highest BCUT2D eigenvalue weighted by Crippen LogP contribution is 2.37. The van der Waals surface area contributed by atoms with Crippen LogP contribution < -0.4 is 0 Å². The molecule has 6 heteroatoms. The summed E-state index contributed by atoms with van der Waals surface area (Å²) < 4.78 is 0. The van der Waals surface area contributed by atoms with Gasteiger partial charge in [0.2, 0.25) is 5.91 Å². The standard InChI is InChI=1S/C22H27N3O2S/c1-5-12-24(22(27)23(3)4)15-20(26)25-13-10-19-18(11-14-28-19)21(25)17-8-6-16(2)7-9-17/h5-9,11,14,21H,1,10,12-13,15H2,2-4H3. The van der Waals surface area contributed by atoms with E-state index in [1.165, 1.54) is 25.8 Å². The third-order valence-corrected chi connectivity index (χ3v) is 6.00. The van der Waals surface area contributed by atoms with Gasteiger partial charge in [0, 0.05) is 32.1 Å². The van der Waals surface area contributed by atoms with E-state index >= 15 is 0 Å². The van der Waals surface area contributed by atoms with Gasteiger partial charge in [0.05, 0.1) is 6.04 Å². The van der Waals surface area contributed by atoms with Crippen LogP contribution in [0.15, 0.2) is 48.4 Å². The van der Waals surface area contributed by atoms with Crippen LogP contribution in [0.25, 0.3) is 0 Å². The Morgan fingerprint density at radius 3 is 2.61 bits per heavy atom. The van der Waals surface area contributed by atoms with Crippen molar-refractivity contribution in [2.45, 2.75) is 19.4 Å². The maximum Gasteiger partial charge on any atom is 0.320 e. The van der Waals surface area contributed by atoms with Crippen molar-refractivity contribution in [3.8, 4) is 0 Å². The Morgan fingerprint density at radius 1 is 1.25 bits per heavy atom. The van der Waals surface area contributed by atoms with Crippen molar-refractivity contribution < 1.29 is 9.59 Å². The molecule has 148 valence electrons. The quantitative estimate of drug-likeness (QED) is 0.722. The summed E-state index contributed by atoms with van der Waals surface area (Å²) in [6, 6.07) is 10.2. The molecule has 1 unspecified atom stereocenters. The van der Waals surface area contributed by atoms with Gasteiger partial charge in [-0.15, -0.1) is 17.9 Å². The highest BCUT2D eigenvalue weighted by atomic mass is 32.1. The molecule has 0 aliphatic carbocycles. The maximum absolute atomic E-state index is 13.3. The van der Waals surface area contributed by atoms with Gasteiger partial charge in [0.15, 0.2) is 0 Å². The van der Waals surface area contributed by atoms with Gasteiger partial charge in [-0.3, -0.25) is 4.79 Å². The van der Waals surface area contributed by atoms with Crippen molar-refractivity contribution in [3.63, 3.8) is 0 Å². The molecule has 0 fully saturated rings. The minimum atomic E-state index is -0.187. The van der Waals surface area contributed by atoms with Crippen LogP contribution in [-0.4, -0.2) is 60.4 Å². The van der Waals surface area contributed by atoms with Crippen LogP contribution in [0.5, 0.6) is 0 Å². The lowest BCUT2D eigenvalue weighted by Crippen LogP contribution is -2.48. The highest BCUT2D eigenvalue weighted by molar-refractivity contribution is 7.10. The van der Waals surface area contributed by atoms with Crippen LogP contribution in [0.4, 0.5) is 4.79 Å². The molecule has 0 saturated heterocycles. The van der Waals surface area contributed by atoms with E-state index in [1.54, 1.807) is 31.5 Å². The summed E-state index contributed by atoms with van der Waals surface area (Å²) in [5, 5.41) is 2.10. The van der Waals surface area contributed by atoms with Gasteiger partial charge < -0.3 is 14.7 Å². The molecule has 2 heterocycles. The van der Waals surface area contributed by atoms with E-state index in [0.29, 0.717) is 13.1 Å². The smallest absolute Gasteiger partial charge is 0.320 e. The lowest BCUT2D eigenvalue weighted by Gasteiger charge is -2.37. The molecule has 2 aromatic rings. The average molecular weight is 398 g/mol. The predicted molar refractivity (Wildman–Crippen MR) is 114 cm³/mol. The number of hydrogen-bond donors (Lipinski definition) is 0. The van der Waals surface area contributed by atoms with Crippen molar-refractivity contribution in [2.75, 3.05) is 33.7 Å². The summed E-state index contributed by atoms with van der Waals surface area (Å²) >= 11 is 1.75. The van der Waals surface area contributed by atoms with Gasteiger partial charge in [-0.1, -0.05) is 35.9 Å². The average Bonchev–Trinajstić information content (AvgIpc) is 3.15. The molecular weight excluding hydrogens is 370 g/mol. The fraction of sp³-hybridized carbons (Fsp3) is 0.364. The predicted octanol–water partition coefficient (Wildman–Crippen LogP) is 3.70. The Bertz CT molecular complexity index is 857. The van der Waals surface area contributed by atoms with Gasteiger partial charge in [-0.05, 0) is 35.9 Å². The van der Waals surface area contributed by atoms with Gasteiger partial charge >= 0.3 is 6.03 Å².